The van der Waals surface area contributed by atoms with Crippen molar-refractivity contribution in [1.29, 1.82) is 0 Å². The topological polar surface area (TPSA) is 56.7 Å². The number of hydrogen-bond acceptors (Lipinski definition) is 3. The second kappa shape index (κ2) is 7.59. The lowest BCUT2D eigenvalue weighted by Crippen LogP contribution is -2.25. The van der Waals surface area contributed by atoms with Crippen LogP contribution in [-0.4, -0.2) is 15.9 Å². The third kappa shape index (κ3) is 4.54. The molecule has 2 aromatic rings. The summed E-state index contributed by atoms with van der Waals surface area (Å²) in [4.78, 5) is 0. The third-order valence-electron chi connectivity index (χ3n) is 2.87. The second-order valence-corrected chi connectivity index (χ2v) is 5.78. The van der Waals surface area contributed by atoms with E-state index in [0.29, 0.717) is 16.3 Å². The van der Waals surface area contributed by atoms with Crippen molar-refractivity contribution in [3.05, 3.63) is 57.8 Å². The van der Waals surface area contributed by atoms with Gasteiger partial charge in [-0.3, -0.25) is 5.43 Å². The Labute approximate surface area is 147 Å². The number of phenolic OH excluding ortho intramolecular Hbond substituents is 1. The van der Waals surface area contributed by atoms with Gasteiger partial charge in [-0.2, -0.15) is 5.10 Å². The summed E-state index contributed by atoms with van der Waals surface area (Å²) < 4.78 is 13.5. The van der Waals surface area contributed by atoms with Crippen molar-refractivity contribution in [2.75, 3.05) is 5.32 Å². The highest BCUT2D eigenvalue weighted by Crippen LogP contribution is 2.31. The molecule has 2 rings (SSSR count). The second-order valence-electron chi connectivity index (χ2n) is 4.53. The number of nitrogens with zero attached hydrogens (tertiary/aromatic N) is 1. The first-order chi connectivity index (χ1) is 10.9. The first-order valence-electron chi connectivity index (χ1n) is 6.42. The van der Waals surface area contributed by atoms with Gasteiger partial charge in [0.1, 0.15) is 11.6 Å². The normalized spacial score (nSPS) is 11.2. The average molecular weight is 372 g/mol. The summed E-state index contributed by atoms with van der Waals surface area (Å²) in [7, 11) is 0. The van der Waals surface area contributed by atoms with E-state index in [0.717, 1.165) is 0 Å². The maximum atomic E-state index is 13.5. The minimum Gasteiger partial charge on any atom is -0.506 e. The zero-order valence-electron chi connectivity index (χ0n) is 11.9. The molecule has 4 nitrogen and oxygen atoms in total. The predicted octanol–water partition coefficient (Wildman–Crippen LogP) is 4.55. The predicted molar refractivity (Wildman–Crippen MR) is 96.1 cm³/mol. The molecule has 0 saturated heterocycles. The number of hydrazone groups is 1. The van der Waals surface area contributed by atoms with Crippen LogP contribution in [0.15, 0.2) is 41.5 Å². The Bertz CT molecular complexity index is 783. The molecule has 2 aromatic carbocycles. The van der Waals surface area contributed by atoms with Gasteiger partial charge in [-0.05, 0) is 43.4 Å². The highest BCUT2D eigenvalue weighted by Gasteiger charge is 2.11. The molecule has 0 unspecified atom stereocenters. The van der Waals surface area contributed by atoms with Gasteiger partial charge in [0.2, 0.25) is 0 Å². The fourth-order valence-corrected chi connectivity index (χ4v) is 2.40. The van der Waals surface area contributed by atoms with E-state index in [1.54, 1.807) is 25.1 Å². The molecule has 0 amide bonds. The van der Waals surface area contributed by atoms with Crippen LogP contribution < -0.4 is 10.7 Å². The van der Waals surface area contributed by atoms with Gasteiger partial charge in [0.15, 0.2) is 5.11 Å². The lowest BCUT2D eigenvalue weighted by atomic mass is 10.1. The zero-order chi connectivity index (χ0) is 17.0. The molecule has 0 saturated carbocycles. The fraction of sp³-hybridized carbons (Fsp3) is 0.0667. The molecule has 0 heterocycles. The van der Waals surface area contributed by atoms with Crippen LogP contribution in [0.2, 0.25) is 10.0 Å². The molecule has 0 aliphatic rings. The summed E-state index contributed by atoms with van der Waals surface area (Å²) in [6.07, 6.45) is 0. The van der Waals surface area contributed by atoms with E-state index in [4.69, 9.17) is 35.4 Å². The minimum absolute atomic E-state index is 0.0991. The maximum absolute atomic E-state index is 13.5. The van der Waals surface area contributed by atoms with Crippen LogP contribution in [0.25, 0.3) is 0 Å². The van der Waals surface area contributed by atoms with Crippen molar-refractivity contribution < 1.29 is 9.50 Å². The van der Waals surface area contributed by atoms with Gasteiger partial charge in [-0.1, -0.05) is 35.3 Å². The lowest BCUT2D eigenvalue weighted by molar-refractivity contribution is 0.474. The SMILES string of the molecule is C/C(=N\NC(=S)Nc1ccccc1F)c1cc(Cl)cc(Cl)c1O. The molecule has 0 spiro atoms. The molecule has 23 heavy (non-hydrogen) atoms. The van der Waals surface area contributed by atoms with Gasteiger partial charge in [0.05, 0.1) is 16.4 Å². The molecule has 0 atom stereocenters. The number of thiocarbonyl (C=S) groups is 1. The van der Waals surface area contributed by atoms with Crippen molar-refractivity contribution in [3.8, 4) is 5.75 Å². The maximum Gasteiger partial charge on any atom is 0.191 e. The Hall–Kier alpha value is -1.89. The standard InChI is InChI=1S/C15H12Cl2FN3OS/c1-8(10-6-9(16)7-11(17)14(10)22)20-21-15(23)19-13-5-3-2-4-12(13)18/h2-7,22H,1H3,(H2,19,21,23)/b20-8+. The Kier molecular flexibility index (Phi) is 5.76. The Morgan fingerprint density at radius 3 is 2.65 bits per heavy atom. The summed E-state index contributed by atoms with van der Waals surface area (Å²) >= 11 is 16.8. The van der Waals surface area contributed by atoms with E-state index in [1.165, 1.54) is 18.2 Å². The summed E-state index contributed by atoms with van der Waals surface area (Å²) in [5.41, 5.74) is 3.57. The van der Waals surface area contributed by atoms with E-state index in [2.05, 4.69) is 15.8 Å². The van der Waals surface area contributed by atoms with E-state index in [1.807, 2.05) is 0 Å². The first kappa shape index (κ1) is 17.5. The van der Waals surface area contributed by atoms with Crippen molar-refractivity contribution >= 4 is 51.9 Å². The largest absolute Gasteiger partial charge is 0.506 e. The van der Waals surface area contributed by atoms with Crippen molar-refractivity contribution in [2.24, 2.45) is 5.10 Å². The molecule has 0 aliphatic carbocycles. The number of halogens is 3. The molecule has 0 aliphatic heterocycles. The molecule has 0 radical (unpaired) electrons. The molecule has 0 aromatic heterocycles. The summed E-state index contributed by atoms with van der Waals surface area (Å²) in [6.45, 7) is 1.64. The minimum atomic E-state index is -0.434. The van der Waals surface area contributed by atoms with Gasteiger partial charge < -0.3 is 10.4 Å². The van der Waals surface area contributed by atoms with Gasteiger partial charge in [0, 0.05) is 10.6 Å². The zero-order valence-corrected chi connectivity index (χ0v) is 14.2. The molecular formula is C15H12Cl2FN3OS. The van der Waals surface area contributed by atoms with Gasteiger partial charge in [-0.15, -0.1) is 0 Å². The number of aromatic hydroxyl groups is 1. The molecule has 0 fully saturated rings. The lowest BCUT2D eigenvalue weighted by Gasteiger charge is -2.10. The Morgan fingerprint density at radius 2 is 1.96 bits per heavy atom. The van der Waals surface area contributed by atoms with E-state index in [9.17, 15) is 9.50 Å². The van der Waals surface area contributed by atoms with Crippen LogP contribution in [0.1, 0.15) is 12.5 Å². The van der Waals surface area contributed by atoms with Gasteiger partial charge >= 0.3 is 0 Å². The van der Waals surface area contributed by atoms with Crippen LogP contribution in [0, 0.1) is 5.82 Å². The van der Waals surface area contributed by atoms with E-state index in [-0.39, 0.29) is 21.6 Å². The van der Waals surface area contributed by atoms with E-state index >= 15 is 0 Å². The number of rotatable bonds is 3. The molecule has 8 heteroatoms. The first-order valence-corrected chi connectivity index (χ1v) is 7.59. The Balaban J connectivity index is 2.11. The summed E-state index contributed by atoms with van der Waals surface area (Å²) in [5, 5.41) is 17.2. The number of phenols is 1. The molecule has 120 valence electrons. The highest BCUT2D eigenvalue weighted by molar-refractivity contribution is 7.80. The summed E-state index contributed by atoms with van der Waals surface area (Å²) in [6, 6.07) is 9.05. The third-order valence-corrected chi connectivity index (χ3v) is 3.56. The van der Waals surface area contributed by atoms with Crippen LogP contribution >= 0.6 is 35.4 Å². The number of benzene rings is 2. The Morgan fingerprint density at radius 1 is 1.26 bits per heavy atom. The van der Waals surface area contributed by atoms with Crippen molar-refractivity contribution in [2.45, 2.75) is 6.92 Å². The number of hydrogen-bond donors (Lipinski definition) is 3. The van der Waals surface area contributed by atoms with Crippen molar-refractivity contribution in [1.82, 2.24) is 5.43 Å². The number of anilines is 1. The van der Waals surface area contributed by atoms with Crippen LogP contribution in [0.5, 0.6) is 5.75 Å². The molecular weight excluding hydrogens is 360 g/mol. The number of nitrogens with one attached hydrogen (secondary N) is 2. The molecule has 0 bridgehead atoms. The summed E-state index contributed by atoms with van der Waals surface area (Å²) in [5.74, 6) is -0.566. The fourth-order valence-electron chi connectivity index (χ4n) is 1.75. The van der Waals surface area contributed by atoms with Gasteiger partial charge in [0.25, 0.3) is 0 Å². The van der Waals surface area contributed by atoms with E-state index < -0.39 is 5.82 Å². The smallest absolute Gasteiger partial charge is 0.191 e. The van der Waals surface area contributed by atoms with Crippen molar-refractivity contribution in [3.63, 3.8) is 0 Å². The molecule has 3 N–H and O–H groups in total. The van der Waals surface area contributed by atoms with Crippen LogP contribution in [0.4, 0.5) is 10.1 Å². The highest BCUT2D eigenvalue weighted by atomic mass is 35.5. The van der Waals surface area contributed by atoms with Gasteiger partial charge in [-0.25, -0.2) is 4.39 Å². The number of para-hydroxylation sites is 1. The monoisotopic (exact) mass is 371 g/mol. The quantitative estimate of drug-likeness (QED) is 0.420. The average Bonchev–Trinajstić information content (AvgIpc) is 2.50. The van der Waals surface area contributed by atoms with Crippen LogP contribution in [-0.2, 0) is 0 Å². The van der Waals surface area contributed by atoms with Crippen LogP contribution in [0.3, 0.4) is 0 Å².